The van der Waals surface area contributed by atoms with Crippen molar-refractivity contribution in [2.24, 2.45) is 7.05 Å². The number of hydrogen-bond donors (Lipinski definition) is 1. The van der Waals surface area contributed by atoms with Crippen LogP contribution in [0.25, 0.3) is 11.3 Å². The second-order valence-electron chi connectivity index (χ2n) is 6.35. The molecule has 0 radical (unpaired) electrons. The van der Waals surface area contributed by atoms with Crippen molar-refractivity contribution in [2.45, 2.75) is 26.2 Å². The first-order valence-electron chi connectivity index (χ1n) is 7.23. The first-order chi connectivity index (χ1) is 10.7. The van der Waals surface area contributed by atoms with Gasteiger partial charge in [-0.1, -0.05) is 20.8 Å². The summed E-state index contributed by atoms with van der Waals surface area (Å²) in [6.45, 7) is 6.30. The van der Waals surface area contributed by atoms with Gasteiger partial charge in [-0.2, -0.15) is 5.10 Å². The second-order valence-corrected chi connectivity index (χ2v) is 6.35. The number of ether oxygens (including phenoxy) is 2. The normalized spacial score (nSPS) is 11.4. The average molecular weight is 318 g/mol. The third kappa shape index (κ3) is 3.16. The van der Waals surface area contributed by atoms with Crippen LogP contribution < -0.4 is 9.47 Å². The smallest absolute Gasteiger partial charge is 0.356 e. The van der Waals surface area contributed by atoms with E-state index in [2.05, 4.69) is 25.9 Å². The third-order valence-electron chi connectivity index (χ3n) is 3.72. The van der Waals surface area contributed by atoms with E-state index in [0.717, 1.165) is 11.1 Å². The Hall–Kier alpha value is -2.50. The molecular formula is C17H22N2O4. The molecule has 1 N–H and O–H groups in total. The highest BCUT2D eigenvalue weighted by Crippen LogP contribution is 2.42. The number of methoxy groups -OCH3 is 2. The van der Waals surface area contributed by atoms with Gasteiger partial charge in [-0.3, -0.25) is 4.68 Å². The van der Waals surface area contributed by atoms with E-state index in [9.17, 15) is 4.79 Å². The Labute approximate surface area is 135 Å². The molecule has 23 heavy (non-hydrogen) atoms. The average Bonchev–Trinajstić information content (AvgIpc) is 2.86. The summed E-state index contributed by atoms with van der Waals surface area (Å²) in [6, 6.07) is 5.47. The minimum absolute atomic E-state index is 0.00955. The van der Waals surface area contributed by atoms with Crippen LogP contribution in [0.3, 0.4) is 0 Å². The van der Waals surface area contributed by atoms with Gasteiger partial charge in [0.1, 0.15) is 0 Å². The summed E-state index contributed by atoms with van der Waals surface area (Å²) in [5.41, 5.74) is 2.36. The Morgan fingerprint density at radius 3 is 2.26 bits per heavy atom. The van der Waals surface area contributed by atoms with Crippen LogP contribution in [0.1, 0.15) is 36.8 Å². The van der Waals surface area contributed by atoms with Gasteiger partial charge < -0.3 is 14.6 Å². The van der Waals surface area contributed by atoms with E-state index >= 15 is 0 Å². The summed E-state index contributed by atoms with van der Waals surface area (Å²) in [7, 11) is 4.85. The molecule has 2 aromatic rings. The first-order valence-corrected chi connectivity index (χ1v) is 7.23. The minimum Gasteiger partial charge on any atom is -0.493 e. The maximum Gasteiger partial charge on any atom is 0.356 e. The summed E-state index contributed by atoms with van der Waals surface area (Å²) in [5.74, 6) is 0.0956. The van der Waals surface area contributed by atoms with Gasteiger partial charge in [0.2, 0.25) is 0 Å². The highest BCUT2D eigenvalue weighted by atomic mass is 16.5. The number of nitrogens with zero attached hydrogens (tertiary/aromatic N) is 2. The van der Waals surface area contributed by atoms with Gasteiger partial charge in [0.25, 0.3) is 0 Å². The number of aromatic carboxylic acids is 1. The van der Waals surface area contributed by atoms with Crippen LogP contribution in [-0.2, 0) is 12.5 Å². The van der Waals surface area contributed by atoms with E-state index < -0.39 is 5.97 Å². The molecule has 1 aromatic heterocycles. The molecule has 124 valence electrons. The lowest BCUT2D eigenvalue weighted by molar-refractivity contribution is 0.0689. The monoisotopic (exact) mass is 318 g/mol. The van der Waals surface area contributed by atoms with Crippen molar-refractivity contribution >= 4 is 5.97 Å². The van der Waals surface area contributed by atoms with Crippen LogP contribution in [0.15, 0.2) is 18.2 Å². The molecule has 0 atom stereocenters. The summed E-state index contributed by atoms with van der Waals surface area (Å²) in [5, 5.41) is 13.2. The Kier molecular flexibility index (Phi) is 4.36. The van der Waals surface area contributed by atoms with Crippen LogP contribution >= 0.6 is 0 Å². The van der Waals surface area contributed by atoms with E-state index in [0.29, 0.717) is 17.2 Å². The minimum atomic E-state index is -1.07. The van der Waals surface area contributed by atoms with Crippen molar-refractivity contribution < 1.29 is 19.4 Å². The molecule has 0 bridgehead atoms. The number of benzene rings is 1. The molecule has 0 saturated heterocycles. The number of aryl methyl sites for hydroxylation is 1. The van der Waals surface area contributed by atoms with Gasteiger partial charge in [-0.05, 0) is 29.2 Å². The molecule has 0 amide bonds. The van der Waals surface area contributed by atoms with Crippen LogP contribution in [0, 0.1) is 0 Å². The molecule has 6 nitrogen and oxygen atoms in total. The summed E-state index contributed by atoms with van der Waals surface area (Å²) in [4.78, 5) is 11.2. The van der Waals surface area contributed by atoms with Crippen LogP contribution in [0.4, 0.5) is 0 Å². The summed E-state index contributed by atoms with van der Waals surface area (Å²) in [6.07, 6.45) is 0. The standard InChI is InChI=1S/C17H22N2O4/c1-17(2,3)10-7-11(15(23-6)14(8-10)22-5)13-9-12(16(20)21)18-19(13)4/h7-9H,1-6H3,(H,20,21). The lowest BCUT2D eigenvalue weighted by Gasteiger charge is -2.23. The Bertz CT molecular complexity index is 742. The van der Waals surface area contributed by atoms with Gasteiger partial charge in [0.15, 0.2) is 17.2 Å². The van der Waals surface area contributed by atoms with Crippen LogP contribution in [0.5, 0.6) is 11.5 Å². The number of rotatable bonds is 4. The topological polar surface area (TPSA) is 73.6 Å². The first kappa shape index (κ1) is 16.9. The van der Waals surface area contributed by atoms with Crippen molar-refractivity contribution in [1.82, 2.24) is 9.78 Å². The fourth-order valence-corrected chi connectivity index (χ4v) is 2.41. The molecule has 0 aliphatic heterocycles. The molecule has 1 aromatic carbocycles. The quantitative estimate of drug-likeness (QED) is 0.937. The fourth-order valence-electron chi connectivity index (χ4n) is 2.41. The Morgan fingerprint density at radius 1 is 1.17 bits per heavy atom. The molecule has 0 spiro atoms. The van der Waals surface area contributed by atoms with Gasteiger partial charge >= 0.3 is 5.97 Å². The van der Waals surface area contributed by atoms with Crippen LogP contribution in [-0.4, -0.2) is 35.1 Å². The third-order valence-corrected chi connectivity index (χ3v) is 3.72. The highest BCUT2D eigenvalue weighted by Gasteiger charge is 2.23. The van der Waals surface area contributed by atoms with Crippen molar-refractivity contribution in [2.75, 3.05) is 14.2 Å². The van der Waals surface area contributed by atoms with Gasteiger partial charge in [0.05, 0.1) is 19.9 Å². The number of carboxylic acid groups (broad SMARTS) is 1. The molecule has 2 rings (SSSR count). The zero-order chi connectivity index (χ0) is 17.4. The zero-order valence-corrected chi connectivity index (χ0v) is 14.3. The molecule has 1 heterocycles. The van der Waals surface area contributed by atoms with E-state index in [1.54, 1.807) is 21.3 Å². The van der Waals surface area contributed by atoms with Crippen molar-refractivity contribution in [1.29, 1.82) is 0 Å². The molecule has 0 saturated carbocycles. The summed E-state index contributed by atoms with van der Waals surface area (Å²) < 4.78 is 12.5. The Morgan fingerprint density at radius 2 is 1.83 bits per heavy atom. The Balaban J connectivity index is 2.76. The number of carbonyl (C=O) groups is 1. The maximum absolute atomic E-state index is 11.2. The zero-order valence-electron chi connectivity index (χ0n) is 14.3. The predicted octanol–water partition coefficient (Wildman–Crippen LogP) is 3.10. The van der Waals surface area contributed by atoms with Crippen molar-refractivity contribution in [3.8, 4) is 22.8 Å². The van der Waals surface area contributed by atoms with Crippen molar-refractivity contribution in [3.05, 3.63) is 29.5 Å². The molecule has 6 heteroatoms. The second kappa shape index (κ2) is 5.95. The molecule has 0 aliphatic rings. The van der Waals surface area contributed by atoms with Crippen LogP contribution in [0.2, 0.25) is 0 Å². The van der Waals surface area contributed by atoms with Gasteiger partial charge in [-0.25, -0.2) is 4.79 Å². The van der Waals surface area contributed by atoms with E-state index in [1.807, 2.05) is 12.1 Å². The SMILES string of the molecule is COc1cc(C(C)(C)C)cc(-c2cc(C(=O)O)nn2C)c1OC. The molecule has 0 fully saturated rings. The molecule has 0 unspecified atom stereocenters. The van der Waals surface area contributed by atoms with Gasteiger partial charge in [0, 0.05) is 12.6 Å². The van der Waals surface area contributed by atoms with Crippen molar-refractivity contribution in [3.63, 3.8) is 0 Å². The molecule has 0 aliphatic carbocycles. The van der Waals surface area contributed by atoms with E-state index in [-0.39, 0.29) is 11.1 Å². The number of hydrogen-bond acceptors (Lipinski definition) is 4. The van der Waals surface area contributed by atoms with E-state index in [4.69, 9.17) is 14.6 Å². The van der Waals surface area contributed by atoms with E-state index in [1.165, 1.54) is 10.7 Å². The lowest BCUT2D eigenvalue weighted by Crippen LogP contribution is -2.12. The predicted molar refractivity (Wildman–Crippen MR) is 87.4 cm³/mol. The fraction of sp³-hybridized carbons (Fsp3) is 0.412. The largest absolute Gasteiger partial charge is 0.493 e. The lowest BCUT2D eigenvalue weighted by atomic mass is 9.85. The highest BCUT2D eigenvalue weighted by molar-refractivity contribution is 5.87. The molecular weight excluding hydrogens is 296 g/mol. The number of carboxylic acids is 1. The van der Waals surface area contributed by atoms with Gasteiger partial charge in [-0.15, -0.1) is 0 Å². The maximum atomic E-state index is 11.2. The number of aromatic nitrogens is 2. The summed E-state index contributed by atoms with van der Waals surface area (Å²) >= 11 is 0.